The van der Waals surface area contributed by atoms with Gasteiger partial charge < -0.3 is 5.32 Å². The summed E-state index contributed by atoms with van der Waals surface area (Å²) in [6.45, 7) is 5.38. The first-order valence-electron chi connectivity index (χ1n) is 6.71. The lowest BCUT2D eigenvalue weighted by Crippen LogP contribution is -2.23. The van der Waals surface area contributed by atoms with Crippen LogP contribution in [0.4, 0.5) is 5.82 Å². The van der Waals surface area contributed by atoms with Crippen molar-refractivity contribution in [2.24, 2.45) is 5.41 Å². The van der Waals surface area contributed by atoms with E-state index in [0.717, 1.165) is 23.6 Å². The lowest BCUT2D eigenvalue weighted by molar-refractivity contribution is 0.361. The van der Waals surface area contributed by atoms with E-state index >= 15 is 0 Å². The number of aromatic nitrogens is 3. The number of rotatable bonds is 3. The molecule has 2 aromatic heterocycles. The lowest BCUT2D eigenvalue weighted by Gasteiger charge is -2.24. The number of hydrogen-bond acceptors (Lipinski definition) is 3. The van der Waals surface area contributed by atoms with E-state index in [1.165, 1.54) is 25.7 Å². The third-order valence-electron chi connectivity index (χ3n) is 4.01. The van der Waals surface area contributed by atoms with E-state index in [-0.39, 0.29) is 0 Å². The van der Waals surface area contributed by atoms with Gasteiger partial charge in [0, 0.05) is 18.9 Å². The smallest absolute Gasteiger partial charge is 0.152 e. The summed E-state index contributed by atoms with van der Waals surface area (Å²) in [7, 11) is 0. The molecule has 0 saturated heterocycles. The second-order valence-corrected chi connectivity index (χ2v) is 5.76. The van der Waals surface area contributed by atoms with Gasteiger partial charge >= 0.3 is 0 Å². The average molecular weight is 244 g/mol. The Morgan fingerprint density at radius 2 is 2.17 bits per heavy atom. The number of fused-ring (bicyclic) bond motifs is 1. The van der Waals surface area contributed by atoms with Gasteiger partial charge in [-0.1, -0.05) is 19.8 Å². The Kier molecular flexibility index (Phi) is 2.73. The lowest BCUT2D eigenvalue weighted by atomic mass is 9.89. The topological polar surface area (TPSA) is 42.2 Å². The molecule has 96 valence electrons. The third kappa shape index (κ3) is 2.07. The van der Waals surface area contributed by atoms with E-state index in [0.29, 0.717) is 5.41 Å². The fourth-order valence-corrected chi connectivity index (χ4v) is 2.88. The Balaban J connectivity index is 1.82. The second-order valence-electron chi connectivity index (χ2n) is 5.76. The molecule has 0 aliphatic heterocycles. The first kappa shape index (κ1) is 11.5. The molecule has 1 N–H and O–H groups in total. The van der Waals surface area contributed by atoms with Crippen LogP contribution in [0.25, 0.3) is 5.52 Å². The molecular formula is C14H20N4. The van der Waals surface area contributed by atoms with Gasteiger partial charge in [-0.15, -0.1) is 0 Å². The summed E-state index contributed by atoms with van der Waals surface area (Å²) in [5.74, 6) is 0.950. The second kappa shape index (κ2) is 4.26. The fraction of sp³-hybridized carbons (Fsp3) is 0.571. The van der Waals surface area contributed by atoms with Crippen LogP contribution in [0.1, 0.15) is 38.3 Å². The maximum atomic E-state index is 4.44. The SMILES string of the molecule is Cc1cc2c(NCC3(C)CCCC3)nccn2n1. The van der Waals surface area contributed by atoms with Crippen molar-refractivity contribution >= 4 is 11.3 Å². The molecule has 0 unspecified atom stereocenters. The van der Waals surface area contributed by atoms with Gasteiger partial charge in [0.25, 0.3) is 0 Å². The van der Waals surface area contributed by atoms with Crippen LogP contribution < -0.4 is 5.32 Å². The molecule has 0 bridgehead atoms. The van der Waals surface area contributed by atoms with Crippen LogP contribution in [0.15, 0.2) is 18.5 Å². The van der Waals surface area contributed by atoms with Crippen molar-refractivity contribution in [3.8, 4) is 0 Å². The number of nitrogens with zero attached hydrogens (tertiary/aromatic N) is 3. The zero-order valence-corrected chi connectivity index (χ0v) is 11.1. The molecule has 1 aliphatic carbocycles. The maximum Gasteiger partial charge on any atom is 0.152 e. The molecule has 4 nitrogen and oxygen atoms in total. The zero-order chi connectivity index (χ0) is 12.6. The van der Waals surface area contributed by atoms with Crippen molar-refractivity contribution in [1.82, 2.24) is 14.6 Å². The van der Waals surface area contributed by atoms with Crippen LogP contribution in [-0.2, 0) is 0 Å². The molecule has 3 rings (SSSR count). The van der Waals surface area contributed by atoms with E-state index in [9.17, 15) is 0 Å². The van der Waals surface area contributed by atoms with Crippen molar-refractivity contribution in [3.05, 3.63) is 24.2 Å². The van der Waals surface area contributed by atoms with E-state index < -0.39 is 0 Å². The van der Waals surface area contributed by atoms with Gasteiger partial charge in [0.15, 0.2) is 5.82 Å². The maximum absolute atomic E-state index is 4.44. The van der Waals surface area contributed by atoms with Crippen molar-refractivity contribution in [2.75, 3.05) is 11.9 Å². The van der Waals surface area contributed by atoms with Crippen molar-refractivity contribution in [3.63, 3.8) is 0 Å². The normalized spacial score (nSPS) is 18.3. The summed E-state index contributed by atoms with van der Waals surface area (Å²) in [4.78, 5) is 4.44. The highest BCUT2D eigenvalue weighted by molar-refractivity contribution is 5.67. The van der Waals surface area contributed by atoms with E-state index in [2.05, 4.69) is 28.4 Å². The van der Waals surface area contributed by atoms with Gasteiger partial charge in [-0.25, -0.2) is 9.50 Å². The van der Waals surface area contributed by atoms with Crippen LogP contribution >= 0.6 is 0 Å². The van der Waals surface area contributed by atoms with Crippen molar-refractivity contribution < 1.29 is 0 Å². The minimum Gasteiger partial charge on any atom is -0.368 e. The summed E-state index contributed by atoms with van der Waals surface area (Å²) < 4.78 is 1.89. The molecule has 0 amide bonds. The zero-order valence-electron chi connectivity index (χ0n) is 11.1. The van der Waals surface area contributed by atoms with Crippen LogP contribution in [0.3, 0.4) is 0 Å². The molecule has 1 fully saturated rings. The molecule has 0 radical (unpaired) electrons. The molecule has 18 heavy (non-hydrogen) atoms. The monoisotopic (exact) mass is 244 g/mol. The minimum absolute atomic E-state index is 0.434. The molecule has 2 aromatic rings. The Morgan fingerprint density at radius 3 is 2.94 bits per heavy atom. The highest BCUT2D eigenvalue weighted by Gasteiger charge is 2.28. The first-order chi connectivity index (χ1) is 8.66. The highest BCUT2D eigenvalue weighted by atomic mass is 15.2. The largest absolute Gasteiger partial charge is 0.368 e. The summed E-state index contributed by atoms with van der Waals surface area (Å²) in [6.07, 6.45) is 9.07. The molecule has 1 saturated carbocycles. The van der Waals surface area contributed by atoms with Gasteiger partial charge in [0.1, 0.15) is 5.52 Å². The van der Waals surface area contributed by atoms with Gasteiger partial charge in [-0.3, -0.25) is 0 Å². The third-order valence-corrected chi connectivity index (χ3v) is 4.01. The summed E-state index contributed by atoms with van der Waals surface area (Å²) in [5.41, 5.74) is 2.53. The molecule has 0 atom stereocenters. The quantitative estimate of drug-likeness (QED) is 0.902. The Hall–Kier alpha value is -1.58. The molecule has 4 heteroatoms. The van der Waals surface area contributed by atoms with E-state index in [1.807, 2.05) is 17.6 Å². The summed E-state index contributed by atoms with van der Waals surface area (Å²) in [6, 6.07) is 2.08. The molecular weight excluding hydrogens is 224 g/mol. The Bertz CT molecular complexity index is 552. The van der Waals surface area contributed by atoms with Crippen molar-refractivity contribution in [1.29, 1.82) is 0 Å². The summed E-state index contributed by atoms with van der Waals surface area (Å²) in [5, 5.41) is 7.92. The van der Waals surface area contributed by atoms with Crippen LogP contribution in [-0.4, -0.2) is 21.1 Å². The first-order valence-corrected chi connectivity index (χ1v) is 6.71. The van der Waals surface area contributed by atoms with Gasteiger partial charge in [-0.2, -0.15) is 5.10 Å². The number of nitrogens with one attached hydrogen (secondary N) is 1. The predicted molar refractivity (Wildman–Crippen MR) is 72.8 cm³/mol. The Morgan fingerprint density at radius 1 is 1.39 bits per heavy atom. The fourth-order valence-electron chi connectivity index (χ4n) is 2.88. The average Bonchev–Trinajstić information content (AvgIpc) is 2.92. The van der Waals surface area contributed by atoms with Gasteiger partial charge in [-0.05, 0) is 31.2 Å². The van der Waals surface area contributed by atoms with E-state index in [4.69, 9.17) is 0 Å². The number of anilines is 1. The predicted octanol–water partition coefficient (Wildman–Crippen LogP) is 3.03. The number of hydrogen-bond donors (Lipinski definition) is 1. The number of aryl methyl sites for hydroxylation is 1. The van der Waals surface area contributed by atoms with E-state index in [1.54, 1.807) is 6.20 Å². The standard InChI is InChI=1S/C14H20N4/c1-11-9-12-13(15-7-8-18(12)17-11)16-10-14(2)5-3-4-6-14/h7-9H,3-6,10H2,1-2H3,(H,15,16). The molecule has 0 aromatic carbocycles. The van der Waals surface area contributed by atoms with Crippen molar-refractivity contribution in [2.45, 2.75) is 39.5 Å². The summed E-state index contributed by atoms with van der Waals surface area (Å²) >= 11 is 0. The van der Waals surface area contributed by atoms with Crippen LogP contribution in [0.2, 0.25) is 0 Å². The highest BCUT2D eigenvalue weighted by Crippen LogP contribution is 2.37. The van der Waals surface area contributed by atoms with Gasteiger partial charge in [0.2, 0.25) is 0 Å². The minimum atomic E-state index is 0.434. The van der Waals surface area contributed by atoms with Gasteiger partial charge in [0.05, 0.1) is 5.69 Å². The van der Waals surface area contributed by atoms with Crippen LogP contribution in [0, 0.1) is 12.3 Å². The molecule has 1 aliphatic rings. The Labute approximate surface area is 107 Å². The van der Waals surface area contributed by atoms with Crippen LogP contribution in [0.5, 0.6) is 0 Å². The molecule has 0 spiro atoms. The molecule has 2 heterocycles.